The Labute approximate surface area is 239 Å². The zero-order valence-electron chi connectivity index (χ0n) is 23.9. The molecular weight excluding hydrogens is 516 g/mol. The van der Waals surface area contributed by atoms with Crippen molar-refractivity contribution >= 4 is 16.9 Å². The van der Waals surface area contributed by atoms with Gasteiger partial charge in [-0.05, 0) is 67.5 Å². The minimum Gasteiger partial charge on any atom is -0.506 e. The highest BCUT2D eigenvalue weighted by Crippen LogP contribution is 2.41. The van der Waals surface area contributed by atoms with Gasteiger partial charge < -0.3 is 19.8 Å². The summed E-state index contributed by atoms with van der Waals surface area (Å²) in [5, 5.41) is 21.0. The summed E-state index contributed by atoms with van der Waals surface area (Å²) < 4.78 is 2.24. The van der Waals surface area contributed by atoms with Crippen molar-refractivity contribution in [1.29, 1.82) is 0 Å². The summed E-state index contributed by atoms with van der Waals surface area (Å²) in [5.74, 6) is -0.464. The molecule has 8 nitrogen and oxygen atoms in total. The number of hydrogen-bond donors (Lipinski definition) is 3. The number of aryl methyl sites for hydroxylation is 1. The van der Waals surface area contributed by atoms with E-state index in [0.717, 1.165) is 48.6 Å². The van der Waals surface area contributed by atoms with Crippen LogP contribution in [0.1, 0.15) is 46.9 Å². The minimum atomic E-state index is -1.44. The van der Waals surface area contributed by atoms with Crippen LogP contribution in [0.5, 0.6) is 5.75 Å². The molecule has 2 fully saturated rings. The Morgan fingerprint density at radius 3 is 2.61 bits per heavy atom. The molecule has 0 spiro atoms. The van der Waals surface area contributed by atoms with Crippen molar-refractivity contribution in [2.75, 3.05) is 20.1 Å². The van der Waals surface area contributed by atoms with Crippen molar-refractivity contribution in [3.8, 4) is 17.0 Å². The first kappa shape index (κ1) is 27.3. The lowest BCUT2D eigenvalue weighted by atomic mass is 9.97. The molecule has 1 aliphatic heterocycles. The topological polar surface area (TPSA) is 102 Å². The van der Waals surface area contributed by atoms with E-state index in [1.165, 1.54) is 24.1 Å². The maximum atomic E-state index is 12.5. The van der Waals surface area contributed by atoms with Crippen molar-refractivity contribution < 1.29 is 15.0 Å². The molecular formula is C33H38N4O4. The molecule has 1 saturated carbocycles. The largest absolute Gasteiger partial charge is 0.506 e. The van der Waals surface area contributed by atoms with Crippen LogP contribution >= 0.6 is 0 Å². The molecule has 0 unspecified atom stereocenters. The quantitative estimate of drug-likeness (QED) is 0.288. The molecule has 41 heavy (non-hydrogen) atoms. The lowest BCUT2D eigenvalue weighted by Gasteiger charge is -2.30. The average Bonchev–Trinajstić information content (AvgIpc) is 3.61. The van der Waals surface area contributed by atoms with Gasteiger partial charge in [-0.25, -0.2) is 4.79 Å². The van der Waals surface area contributed by atoms with Crippen LogP contribution in [0.15, 0.2) is 59.4 Å². The SMILES string of the molecule is CCc1c(-c2ccc3c(c2)cc(CN2C[C@H]4CC[C@@H](N(C)Cc5ccccc5)[C@H]4C2)n3C)[nH]c(=O)c(C(=O)O)c1O. The molecule has 4 aromatic rings. The molecule has 8 heteroatoms. The number of nitrogens with one attached hydrogen (secondary N) is 1. The second kappa shape index (κ2) is 10.8. The highest BCUT2D eigenvalue weighted by atomic mass is 16.4. The van der Waals surface area contributed by atoms with Crippen LogP contribution in [0.2, 0.25) is 0 Å². The molecule has 0 radical (unpaired) electrons. The average molecular weight is 555 g/mol. The number of likely N-dealkylation sites (tertiary alicyclic amines) is 1. The Balaban J connectivity index is 1.21. The third kappa shape index (κ3) is 4.96. The Hall–Kier alpha value is -3.88. The smallest absolute Gasteiger partial charge is 0.345 e. The fourth-order valence-corrected chi connectivity index (χ4v) is 7.35. The number of carbonyl (C=O) groups is 1. The van der Waals surface area contributed by atoms with Gasteiger partial charge in [-0.3, -0.25) is 14.6 Å². The molecule has 3 N–H and O–H groups in total. The van der Waals surface area contributed by atoms with Gasteiger partial charge in [0.1, 0.15) is 5.75 Å². The summed E-state index contributed by atoms with van der Waals surface area (Å²) >= 11 is 0. The molecule has 2 aromatic carbocycles. The molecule has 3 heterocycles. The number of H-pyrrole nitrogens is 1. The summed E-state index contributed by atoms with van der Waals surface area (Å²) in [7, 11) is 4.37. The number of fused-ring (bicyclic) bond motifs is 2. The van der Waals surface area contributed by atoms with Crippen molar-refractivity contribution in [1.82, 2.24) is 19.4 Å². The second-order valence-electron chi connectivity index (χ2n) is 11.8. The molecule has 2 aromatic heterocycles. The van der Waals surface area contributed by atoms with E-state index in [4.69, 9.17) is 0 Å². The number of hydrogen-bond acceptors (Lipinski definition) is 5. The third-order valence-electron chi connectivity index (χ3n) is 9.41. The summed E-state index contributed by atoms with van der Waals surface area (Å²) in [6.45, 7) is 5.94. The Morgan fingerprint density at radius 1 is 1.10 bits per heavy atom. The number of nitrogens with zero attached hydrogens (tertiary/aromatic N) is 3. The van der Waals surface area contributed by atoms with E-state index < -0.39 is 22.8 Å². The van der Waals surface area contributed by atoms with Gasteiger partial charge in [0.25, 0.3) is 5.56 Å². The lowest BCUT2D eigenvalue weighted by Crippen LogP contribution is -2.37. The second-order valence-corrected chi connectivity index (χ2v) is 11.8. The van der Waals surface area contributed by atoms with Gasteiger partial charge in [0.15, 0.2) is 5.56 Å². The predicted molar refractivity (Wildman–Crippen MR) is 160 cm³/mol. The number of aromatic hydroxyl groups is 1. The first-order valence-electron chi connectivity index (χ1n) is 14.5. The van der Waals surface area contributed by atoms with Crippen LogP contribution in [0.4, 0.5) is 0 Å². The third-order valence-corrected chi connectivity index (χ3v) is 9.41. The molecule has 6 rings (SSSR count). The summed E-state index contributed by atoms with van der Waals surface area (Å²) in [5.41, 5.74) is 3.91. The highest BCUT2D eigenvalue weighted by Gasteiger charge is 2.44. The van der Waals surface area contributed by atoms with Crippen LogP contribution in [-0.4, -0.2) is 61.7 Å². The maximum absolute atomic E-state index is 12.5. The summed E-state index contributed by atoms with van der Waals surface area (Å²) in [6.07, 6.45) is 2.94. The van der Waals surface area contributed by atoms with Crippen LogP contribution in [-0.2, 0) is 26.6 Å². The lowest BCUT2D eigenvalue weighted by molar-refractivity contribution is 0.0691. The van der Waals surface area contributed by atoms with Crippen LogP contribution in [0.25, 0.3) is 22.2 Å². The normalized spacial score (nSPS) is 20.7. The van der Waals surface area contributed by atoms with Gasteiger partial charge in [0.05, 0.1) is 5.69 Å². The van der Waals surface area contributed by atoms with E-state index >= 15 is 0 Å². The van der Waals surface area contributed by atoms with Crippen LogP contribution < -0.4 is 5.56 Å². The predicted octanol–water partition coefficient (Wildman–Crippen LogP) is 4.84. The van der Waals surface area contributed by atoms with Crippen LogP contribution in [0.3, 0.4) is 0 Å². The van der Waals surface area contributed by atoms with Gasteiger partial charge in [-0.2, -0.15) is 0 Å². The van der Waals surface area contributed by atoms with Gasteiger partial charge in [-0.1, -0.05) is 43.3 Å². The van der Waals surface area contributed by atoms with Crippen molar-refractivity contribution in [3.63, 3.8) is 0 Å². The standard InChI is InChI=1S/C33H38N4O4/c1-4-25-30(34-32(39)29(31(25)38)33(40)41)21-10-12-27-23(14-21)15-24(36(27)3)18-37-17-22-11-13-28(26(22)19-37)35(2)16-20-8-6-5-7-9-20/h5-10,12,14-15,22,26,28H,4,11,13,16-19H2,1-3H3,(H,40,41)(H2,34,38,39)/t22-,26+,28-/m1/s1. The number of rotatable bonds is 8. The van der Waals surface area contributed by atoms with Gasteiger partial charge in [0.2, 0.25) is 0 Å². The first-order valence-corrected chi connectivity index (χ1v) is 14.5. The molecule has 0 bridgehead atoms. The number of aromatic amines is 1. The van der Waals surface area contributed by atoms with Gasteiger partial charge >= 0.3 is 5.97 Å². The molecule has 214 valence electrons. The highest BCUT2D eigenvalue weighted by molar-refractivity contribution is 5.92. The molecule has 3 atom stereocenters. The maximum Gasteiger partial charge on any atom is 0.345 e. The van der Waals surface area contributed by atoms with Crippen molar-refractivity contribution in [2.45, 2.75) is 45.3 Å². The minimum absolute atomic E-state index is 0.384. The molecule has 2 aliphatic rings. The van der Waals surface area contributed by atoms with E-state index in [2.05, 4.69) is 69.8 Å². The number of aromatic carboxylic acids is 1. The van der Waals surface area contributed by atoms with Crippen molar-refractivity contribution in [3.05, 3.63) is 87.3 Å². The van der Waals surface area contributed by atoms with Gasteiger partial charge in [0, 0.05) is 61.4 Å². The Bertz CT molecular complexity index is 1660. The van der Waals surface area contributed by atoms with E-state index in [1.807, 2.05) is 25.1 Å². The van der Waals surface area contributed by atoms with E-state index in [0.29, 0.717) is 29.6 Å². The number of aromatic nitrogens is 2. The monoisotopic (exact) mass is 554 g/mol. The summed E-state index contributed by atoms with van der Waals surface area (Å²) in [4.78, 5) is 31.9. The molecule has 1 saturated heterocycles. The molecule has 1 aliphatic carbocycles. The first-order chi connectivity index (χ1) is 19.7. The Morgan fingerprint density at radius 2 is 1.88 bits per heavy atom. The number of pyridine rings is 1. The summed E-state index contributed by atoms with van der Waals surface area (Å²) in [6, 6.07) is 19.5. The zero-order chi connectivity index (χ0) is 28.8. The number of carboxylic acids is 1. The molecule has 0 amide bonds. The van der Waals surface area contributed by atoms with Crippen LogP contribution in [0, 0.1) is 11.8 Å². The number of carboxylic acid groups (broad SMARTS) is 1. The van der Waals surface area contributed by atoms with Crippen molar-refractivity contribution in [2.24, 2.45) is 18.9 Å². The fourth-order valence-electron chi connectivity index (χ4n) is 7.35. The van der Waals surface area contributed by atoms with E-state index in [9.17, 15) is 19.8 Å². The van der Waals surface area contributed by atoms with E-state index in [-0.39, 0.29) is 0 Å². The van der Waals surface area contributed by atoms with Gasteiger partial charge in [-0.15, -0.1) is 0 Å². The number of benzene rings is 2. The Kier molecular flexibility index (Phi) is 7.21. The zero-order valence-corrected chi connectivity index (χ0v) is 23.9. The fraction of sp³-hybridized carbons (Fsp3) is 0.394. The van der Waals surface area contributed by atoms with E-state index in [1.54, 1.807) is 0 Å².